The quantitative estimate of drug-likeness (QED) is 0.0311. The first kappa shape index (κ1) is 35.7. The highest BCUT2D eigenvalue weighted by atomic mass is 16.3. The maximum atomic E-state index is 12.9. The van der Waals surface area contributed by atoms with Crippen molar-refractivity contribution in [3.63, 3.8) is 0 Å². The SMILES string of the molecule is CC(C)C[C@H](NC(=O)[C@@H](N)CCCN=C(N)N)C(=O)N[C@@H](CO)C(=O)N[C@@H](C)C(=O)N[C@H](C=O)CCCCN. The van der Waals surface area contributed by atoms with E-state index in [4.69, 9.17) is 22.9 Å². The van der Waals surface area contributed by atoms with Crippen molar-refractivity contribution in [2.24, 2.45) is 33.8 Å². The Morgan fingerprint density at radius 2 is 1.46 bits per heavy atom. The molecule has 0 aliphatic carbocycles. The predicted molar refractivity (Wildman–Crippen MR) is 147 cm³/mol. The smallest absolute Gasteiger partial charge is 0.245 e. The minimum absolute atomic E-state index is 0.000111. The van der Waals surface area contributed by atoms with Crippen molar-refractivity contribution >= 4 is 35.9 Å². The monoisotopic (exact) mass is 557 g/mol. The van der Waals surface area contributed by atoms with Gasteiger partial charge in [-0.2, -0.15) is 0 Å². The van der Waals surface area contributed by atoms with Crippen LogP contribution in [0, 0.1) is 5.92 Å². The fourth-order valence-electron chi connectivity index (χ4n) is 3.47. The molecule has 13 N–H and O–H groups in total. The summed E-state index contributed by atoms with van der Waals surface area (Å²) in [5.41, 5.74) is 21.9. The van der Waals surface area contributed by atoms with Crippen LogP contribution in [0.25, 0.3) is 0 Å². The Labute approximate surface area is 229 Å². The summed E-state index contributed by atoms with van der Waals surface area (Å²) in [7, 11) is 0. The predicted octanol–water partition coefficient (Wildman–Crippen LogP) is -3.31. The number of nitrogens with two attached hydrogens (primary N) is 4. The number of hydrogen-bond acceptors (Lipinski definition) is 9. The molecule has 0 fully saturated rings. The van der Waals surface area contributed by atoms with Gasteiger partial charge in [-0.25, -0.2) is 0 Å². The topological polar surface area (TPSA) is 270 Å². The summed E-state index contributed by atoms with van der Waals surface area (Å²) in [6, 6.07) is -5.10. The third-order valence-electron chi connectivity index (χ3n) is 5.67. The Balaban J connectivity index is 5.09. The van der Waals surface area contributed by atoms with E-state index < -0.39 is 60.4 Å². The van der Waals surface area contributed by atoms with E-state index in [1.807, 2.05) is 13.8 Å². The number of nitrogens with zero attached hydrogens (tertiary/aromatic N) is 1. The zero-order valence-corrected chi connectivity index (χ0v) is 23.2. The molecule has 5 atom stereocenters. The highest BCUT2D eigenvalue weighted by molar-refractivity contribution is 5.95. The summed E-state index contributed by atoms with van der Waals surface area (Å²) in [4.78, 5) is 65.7. The molecular weight excluding hydrogens is 510 g/mol. The molecule has 0 aromatic carbocycles. The van der Waals surface area contributed by atoms with Crippen LogP contribution in [-0.2, 0) is 24.0 Å². The van der Waals surface area contributed by atoms with Gasteiger partial charge in [0.25, 0.3) is 0 Å². The van der Waals surface area contributed by atoms with E-state index >= 15 is 0 Å². The van der Waals surface area contributed by atoms with E-state index in [0.717, 1.165) is 0 Å². The van der Waals surface area contributed by atoms with Crippen LogP contribution in [0.3, 0.4) is 0 Å². The van der Waals surface area contributed by atoms with Crippen molar-refractivity contribution in [3.8, 4) is 0 Å². The summed E-state index contributed by atoms with van der Waals surface area (Å²) in [5.74, 6) is -2.74. The highest BCUT2D eigenvalue weighted by Crippen LogP contribution is 2.07. The van der Waals surface area contributed by atoms with Crippen molar-refractivity contribution < 1.29 is 29.1 Å². The number of nitrogens with one attached hydrogen (secondary N) is 4. The molecule has 0 aromatic heterocycles. The van der Waals surface area contributed by atoms with E-state index in [-0.39, 0.29) is 24.7 Å². The van der Waals surface area contributed by atoms with E-state index in [0.29, 0.717) is 45.1 Å². The minimum atomic E-state index is -1.39. The summed E-state index contributed by atoms with van der Waals surface area (Å²) in [6.07, 6.45) is 3.34. The largest absolute Gasteiger partial charge is 0.394 e. The Bertz CT molecular complexity index is 820. The third-order valence-corrected chi connectivity index (χ3v) is 5.67. The molecule has 39 heavy (non-hydrogen) atoms. The van der Waals surface area contributed by atoms with E-state index in [1.54, 1.807) is 0 Å². The number of rotatable bonds is 20. The molecule has 0 bridgehead atoms. The number of aldehydes is 1. The van der Waals surface area contributed by atoms with Crippen molar-refractivity contribution in [1.82, 2.24) is 21.3 Å². The molecule has 0 saturated carbocycles. The van der Waals surface area contributed by atoms with Gasteiger partial charge in [-0.3, -0.25) is 24.2 Å². The number of unbranched alkanes of at least 4 members (excludes halogenated alkanes) is 1. The van der Waals surface area contributed by atoms with Gasteiger partial charge in [-0.15, -0.1) is 0 Å². The van der Waals surface area contributed by atoms with E-state index in [2.05, 4.69) is 26.3 Å². The number of amides is 4. The van der Waals surface area contributed by atoms with Crippen LogP contribution in [0.1, 0.15) is 59.3 Å². The zero-order chi connectivity index (χ0) is 30.0. The number of aliphatic hydroxyl groups is 1. The Morgan fingerprint density at radius 1 is 0.846 bits per heavy atom. The van der Waals surface area contributed by atoms with Crippen LogP contribution in [0.15, 0.2) is 4.99 Å². The average molecular weight is 558 g/mol. The molecule has 0 aromatic rings. The Hall–Kier alpha value is -3.30. The molecular formula is C24H47N9O6. The highest BCUT2D eigenvalue weighted by Gasteiger charge is 2.29. The number of carbonyl (C=O) groups excluding carboxylic acids is 5. The third kappa shape index (κ3) is 15.6. The van der Waals surface area contributed by atoms with Gasteiger partial charge >= 0.3 is 0 Å². The molecule has 4 amide bonds. The maximum absolute atomic E-state index is 12.9. The van der Waals surface area contributed by atoms with Crippen molar-refractivity contribution in [2.75, 3.05) is 19.7 Å². The van der Waals surface area contributed by atoms with Gasteiger partial charge < -0.3 is 54.1 Å². The molecule has 0 radical (unpaired) electrons. The van der Waals surface area contributed by atoms with Crippen molar-refractivity contribution in [2.45, 2.75) is 89.5 Å². The standard InChI is InChI=1S/C24H47N9O6/c1-14(2)11-18(32-21(37)17(26)8-6-10-29-24(27)28)22(38)33-19(13-35)23(39)30-15(3)20(36)31-16(12-34)7-4-5-9-25/h12,14-19,35H,4-11,13,25-26H2,1-3H3,(H,30,39)(H,31,36)(H,32,37)(H,33,38)(H4,27,28,29)/t15-,16-,17-,18-,19-/m0/s1. The van der Waals surface area contributed by atoms with Gasteiger partial charge in [0.05, 0.1) is 18.7 Å². The number of hydrogen-bond donors (Lipinski definition) is 9. The van der Waals surface area contributed by atoms with Gasteiger partial charge in [0.15, 0.2) is 5.96 Å². The van der Waals surface area contributed by atoms with Crippen LogP contribution >= 0.6 is 0 Å². The molecule has 15 heteroatoms. The fraction of sp³-hybridized carbons (Fsp3) is 0.750. The molecule has 0 heterocycles. The van der Waals surface area contributed by atoms with Gasteiger partial charge in [0.1, 0.15) is 24.4 Å². The molecule has 0 aliphatic rings. The summed E-state index contributed by atoms with van der Waals surface area (Å²) in [6.45, 7) is 5.11. The average Bonchev–Trinajstić information content (AvgIpc) is 2.87. The maximum Gasteiger partial charge on any atom is 0.245 e. The molecule has 0 rings (SSSR count). The summed E-state index contributed by atoms with van der Waals surface area (Å²) in [5, 5.41) is 19.7. The second kappa shape index (κ2) is 19.7. The van der Waals surface area contributed by atoms with Gasteiger partial charge in [-0.05, 0) is 57.9 Å². The number of aliphatic imine (C=N–C) groups is 1. The second-order valence-electron chi connectivity index (χ2n) is 9.76. The van der Waals surface area contributed by atoms with E-state index in [1.165, 1.54) is 6.92 Å². The van der Waals surface area contributed by atoms with Crippen LogP contribution in [0.5, 0.6) is 0 Å². The van der Waals surface area contributed by atoms with Gasteiger partial charge in [0, 0.05) is 6.54 Å². The van der Waals surface area contributed by atoms with Gasteiger partial charge in [0.2, 0.25) is 23.6 Å². The first-order chi connectivity index (χ1) is 18.4. The lowest BCUT2D eigenvalue weighted by atomic mass is 10.0. The Kier molecular flexibility index (Phi) is 18.1. The lowest BCUT2D eigenvalue weighted by molar-refractivity contribution is -0.135. The summed E-state index contributed by atoms with van der Waals surface area (Å²) < 4.78 is 0. The molecule has 224 valence electrons. The van der Waals surface area contributed by atoms with Crippen molar-refractivity contribution in [1.29, 1.82) is 0 Å². The first-order valence-electron chi connectivity index (χ1n) is 13.1. The lowest BCUT2D eigenvalue weighted by Gasteiger charge is -2.25. The molecule has 0 aliphatic heterocycles. The van der Waals surface area contributed by atoms with Crippen LogP contribution in [0.2, 0.25) is 0 Å². The molecule has 0 spiro atoms. The number of guanidine groups is 1. The number of carbonyl (C=O) groups is 5. The first-order valence-corrected chi connectivity index (χ1v) is 13.1. The normalized spacial score (nSPS) is 14.7. The lowest BCUT2D eigenvalue weighted by Crippen LogP contribution is -2.58. The van der Waals surface area contributed by atoms with Crippen molar-refractivity contribution in [3.05, 3.63) is 0 Å². The van der Waals surface area contributed by atoms with Crippen LogP contribution < -0.4 is 44.2 Å². The zero-order valence-electron chi connectivity index (χ0n) is 23.2. The Morgan fingerprint density at radius 3 is 2.00 bits per heavy atom. The minimum Gasteiger partial charge on any atom is -0.394 e. The van der Waals surface area contributed by atoms with Crippen LogP contribution in [0.4, 0.5) is 0 Å². The molecule has 15 nitrogen and oxygen atoms in total. The van der Waals surface area contributed by atoms with E-state index in [9.17, 15) is 29.1 Å². The van der Waals surface area contributed by atoms with Gasteiger partial charge in [-0.1, -0.05) is 13.8 Å². The number of aliphatic hydroxyl groups excluding tert-OH is 1. The van der Waals surface area contributed by atoms with Crippen LogP contribution in [-0.4, -0.2) is 90.9 Å². The summed E-state index contributed by atoms with van der Waals surface area (Å²) >= 11 is 0. The molecule has 0 unspecified atom stereocenters. The molecule has 0 saturated heterocycles. The fourth-order valence-corrected chi connectivity index (χ4v) is 3.47. The second-order valence-corrected chi connectivity index (χ2v) is 9.76.